The molecule has 96 valence electrons. The lowest BCUT2D eigenvalue weighted by atomic mass is 10.2. The Morgan fingerprint density at radius 1 is 1.38 bits per heavy atom. The van der Waals surface area contributed by atoms with Gasteiger partial charge in [-0.25, -0.2) is 0 Å². The van der Waals surface area contributed by atoms with Gasteiger partial charge in [-0.05, 0) is 25.8 Å². The van der Waals surface area contributed by atoms with Gasteiger partial charge in [0.1, 0.15) is 0 Å². The summed E-state index contributed by atoms with van der Waals surface area (Å²) in [5.74, 6) is -0.0950. The Morgan fingerprint density at radius 3 is 2.69 bits per heavy atom. The predicted molar refractivity (Wildman–Crippen MR) is 64.4 cm³/mol. The van der Waals surface area contributed by atoms with Crippen molar-refractivity contribution in [2.45, 2.75) is 45.6 Å². The smallest absolute Gasteiger partial charge is 0.305 e. The molecule has 1 atom stereocenters. The van der Waals surface area contributed by atoms with Crippen LogP contribution in [0.25, 0.3) is 0 Å². The van der Waals surface area contributed by atoms with Gasteiger partial charge in [0.25, 0.3) is 0 Å². The highest BCUT2D eigenvalue weighted by Crippen LogP contribution is 1.95. The van der Waals surface area contributed by atoms with E-state index >= 15 is 0 Å². The topological polar surface area (TPSA) is 47.6 Å². The first-order valence-corrected chi connectivity index (χ1v) is 6.13. The fourth-order valence-corrected chi connectivity index (χ4v) is 1.30. The van der Waals surface area contributed by atoms with E-state index in [9.17, 15) is 4.79 Å². The second-order valence-corrected chi connectivity index (χ2v) is 3.79. The normalized spacial score (nSPS) is 12.4. The van der Waals surface area contributed by atoms with Crippen LogP contribution in [0.5, 0.6) is 0 Å². The van der Waals surface area contributed by atoms with Crippen LogP contribution in [0.1, 0.15) is 39.5 Å². The first-order chi connectivity index (χ1) is 7.74. The van der Waals surface area contributed by atoms with Crippen LogP contribution in [0, 0.1) is 0 Å². The Labute approximate surface area is 98.7 Å². The monoisotopic (exact) mass is 231 g/mol. The zero-order chi connectivity index (χ0) is 12.2. The van der Waals surface area contributed by atoms with Crippen LogP contribution >= 0.6 is 0 Å². The highest BCUT2D eigenvalue weighted by Gasteiger charge is 2.04. The zero-order valence-corrected chi connectivity index (χ0v) is 10.8. The van der Waals surface area contributed by atoms with E-state index in [0.29, 0.717) is 13.0 Å². The van der Waals surface area contributed by atoms with Gasteiger partial charge in [-0.15, -0.1) is 0 Å². The molecule has 4 nitrogen and oxygen atoms in total. The fourth-order valence-electron chi connectivity index (χ4n) is 1.30. The maximum Gasteiger partial charge on any atom is 0.305 e. The minimum absolute atomic E-state index is 0.0950. The zero-order valence-electron chi connectivity index (χ0n) is 10.8. The Morgan fingerprint density at radius 2 is 2.12 bits per heavy atom. The van der Waals surface area contributed by atoms with Crippen LogP contribution in [-0.2, 0) is 14.3 Å². The van der Waals surface area contributed by atoms with E-state index in [1.165, 1.54) is 0 Å². The van der Waals surface area contributed by atoms with Crippen molar-refractivity contribution in [3.63, 3.8) is 0 Å². The van der Waals surface area contributed by atoms with Crippen molar-refractivity contribution in [3.8, 4) is 0 Å². The highest BCUT2D eigenvalue weighted by atomic mass is 16.5. The van der Waals surface area contributed by atoms with Gasteiger partial charge in [-0.2, -0.15) is 0 Å². The molecule has 0 fully saturated rings. The second-order valence-electron chi connectivity index (χ2n) is 3.79. The van der Waals surface area contributed by atoms with Crippen LogP contribution in [0.3, 0.4) is 0 Å². The summed E-state index contributed by atoms with van der Waals surface area (Å²) < 4.78 is 10.2. The van der Waals surface area contributed by atoms with Crippen LogP contribution in [-0.4, -0.2) is 38.9 Å². The molecule has 0 saturated heterocycles. The summed E-state index contributed by atoms with van der Waals surface area (Å²) in [7, 11) is 1.72. The number of carbonyl (C=O) groups excluding carboxylic acids is 1. The van der Waals surface area contributed by atoms with Crippen LogP contribution in [0.2, 0.25) is 0 Å². The van der Waals surface area contributed by atoms with E-state index in [-0.39, 0.29) is 12.1 Å². The quantitative estimate of drug-likeness (QED) is 0.459. The molecule has 0 radical (unpaired) electrons. The van der Waals surface area contributed by atoms with Gasteiger partial charge in [-0.3, -0.25) is 4.79 Å². The molecule has 4 heteroatoms. The minimum atomic E-state index is -0.0950. The molecule has 0 bridgehead atoms. The molecule has 0 saturated carbocycles. The van der Waals surface area contributed by atoms with E-state index < -0.39 is 0 Å². The molecule has 16 heavy (non-hydrogen) atoms. The van der Waals surface area contributed by atoms with E-state index in [4.69, 9.17) is 9.47 Å². The predicted octanol–water partition coefficient (Wildman–Crippen LogP) is 1.73. The molecule has 0 aromatic rings. The van der Waals surface area contributed by atoms with Crippen LogP contribution in [0.4, 0.5) is 0 Å². The van der Waals surface area contributed by atoms with Gasteiger partial charge < -0.3 is 14.8 Å². The van der Waals surface area contributed by atoms with Gasteiger partial charge in [0.2, 0.25) is 0 Å². The van der Waals surface area contributed by atoms with Gasteiger partial charge >= 0.3 is 5.97 Å². The number of esters is 1. The summed E-state index contributed by atoms with van der Waals surface area (Å²) >= 11 is 0. The molecule has 0 heterocycles. The molecule has 0 aliphatic rings. The van der Waals surface area contributed by atoms with Crippen molar-refractivity contribution in [2.24, 2.45) is 0 Å². The molecular weight excluding hydrogens is 206 g/mol. The number of nitrogens with one attached hydrogen (secondary N) is 1. The first-order valence-electron chi connectivity index (χ1n) is 6.13. The molecular formula is C12H25NO3. The summed E-state index contributed by atoms with van der Waals surface area (Å²) in [6.45, 7) is 6.30. The van der Waals surface area contributed by atoms with E-state index in [0.717, 1.165) is 32.4 Å². The third-order valence-corrected chi connectivity index (χ3v) is 2.36. The van der Waals surface area contributed by atoms with Gasteiger partial charge in [0.05, 0.1) is 12.7 Å². The van der Waals surface area contributed by atoms with Crippen molar-refractivity contribution in [1.82, 2.24) is 5.32 Å². The third kappa shape index (κ3) is 8.68. The Balaban J connectivity index is 3.29. The molecule has 0 aromatic carbocycles. The molecule has 0 rings (SSSR count). The van der Waals surface area contributed by atoms with Crippen molar-refractivity contribution in [1.29, 1.82) is 0 Å². The average Bonchev–Trinajstić information content (AvgIpc) is 2.31. The molecule has 0 spiro atoms. The summed E-state index contributed by atoms with van der Waals surface area (Å²) in [4.78, 5) is 11.1. The van der Waals surface area contributed by atoms with E-state index in [1.807, 2.05) is 6.92 Å². The number of ether oxygens (including phenoxy) is 2. The Bertz CT molecular complexity index is 170. The Kier molecular flexibility index (Phi) is 10.5. The summed E-state index contributed by atoms with van der Waals surface area (Å²) in [6.07, 6.45) is 3.48. The summed E-state index contributed by atoms with van der Waals surface area (Å²) in [6, 6.07) is 0. The standard InChI is InChI=1S/C12H25NO3/c1-4-9-16-12(14)7-6-8-13-10-11(5-2)15-3/h11,13H,4-10H2,1-3H3. The van der Waals surface area contributed by atoms with Crippen LogP contribution < -0.4 is 5.32 Å². The molecule has 0 aliphatic carbocycles. The maximum atomic E-state index is 11.1. The summed E-state index contributed by atoms with van der Waals surface area (Å²) in [5.41, 5.74) is 0. The van der Waals surface area contributed by atoms with Gasteiger partial charge in [0, 0.05) is 20.1 Å². The lowest BCUT2D eigenvalue weighted by molar-refractivity contribution is -0.143. The molecule has 0 aliphatic heterocycles. The number of hydrogen-bond acceptors (Lipinski definition) is 4. The minimum Gasteiger partial charge on any atom is -0.466 e. The molecule has 0 aromatic heterocycles. The molecule has 1 N–H and O–H groups in total. The lowest BCUT2D eigenvalue weighted by Crippen LogP contribution is -2.28. The fraction of sp³-hybridized carbons (Fsp3) is 0.917. The number of methoxy groups -OCH3 is 1. The SMILES string of the molecule is CCCOC(=O)CCCNCC(CC)OC. The Hall–Kier alpha value is -0.610. The first kappa shape index (κ1) is 15.4. The molecule has 1 unspecified atom stereocenters. The van der Waals surface area contributed by atoms with Crippen molar-refractivity contribution >= 4 is 5.97 Å². The van der Waals surface area contributed by atoms with E-state index in [1.54, 1.807) is 7.11 Å². The average molecular weight is 231 g/mol. The maximum absolute atomic E-state index is 11.1. The highest BCUT2D eigenvalue weighted by molar-refractivity contribution is 5.69. The largest absolute Gasteiger partial charge is 0.466 e. The van der Waals surface area contributed by atoms with Gasteiger partial charge in [-0.1, -0.05) is 13.8 Å². The van der Waals surface area contributed by atoms with Crippen LogP contribution in [0.15, 0.2) is 0 Å². The second kappa shape index (κ2) is 10.9. The van der Waals surface area contributed by atoms with Crippen molar-refractivity contribution in [2.75, 3.05) is 26.8 Å². The van der Waals surface area contributed by atoms with Crippen molar-refractivity contribution in [3.05, 3.63) is 0 Å². The van der Waals surface area contributed by atoms with Crippen molar-refractivity contribution < 1.29 is 14.3 Å². The van der Waals surface area contributed by atoms with Gasteiger partial charge in [0.15, 0.2) is 0 Å². The lowest BCUT2D eigenvalue weighted by Gasteiger charge is -2.13. The summed E-state index contributed by atoms with van der Waals surface area (Å²) in [5, 5.41) is 3.27. The third-order valence-electron chi connectivity index (χ3n) is 2.36. The number of carbonyl (C=O) groups is 1. The number of rotatable bonds is 10. The number of hydrogen-bond donors (Lipinski definition) is 1. The van der Waals surface area contributed by atoms with E-state index in [2.05, 4.69) is 12.2 Å². The molecule has 0 amide bonds.